The quantitative estimate of drug-likeness (QED) is 0.445. The maximum Gasteiger partial charge on any atom is 0.226 e. The van der Waals surface area contributed by atoms with Crippen LogP contribution in [0.25, 0.3) is 10.9 Å². The zero-order chi connectivity index (χ0) is 19.5. The van der Waals surface area contributed by atoms with E-state index in [4.69, 9.17) is 0 Å². The maximum absolute atomic E-state index is 12.1. The lowest BCUT2D eigenvalue weighted by Crippen LogP contribution is -2.60. The van der Waals surface area contributed by atoms with E-state index in [1.807, 2.05) is 26.0 Å². The van der Waals surface area contributed by atoms with Gasteiger partial charge in [-0.15, -0.1) is 0 Å². The summed E-state index contributed by atoms with van der Waals surface area (Å²) in [4.78, 5) is 29.7. The van der Waals surface area contributed by atoms with Crippen LogP contribution in [0.15, 0.2) is 41.8 Å². The van der Waals surface area contributed by atoms with Gasteiger partial charge in [0, 0.05) is 36.0 Å². The summed E-state index contributed by atoms with van der Waals surface area (Å²) in [5.41, 5.74) is 2.94. The minimum Gasteiger partial charge on any atom is -0.323 e. The largest absolute Gasteiger partial charge is 0.323 e. The molecule has 0 spiro atoms. The summed E-state index contributed by atoms with van der Waals surface area (Å²) in [5, 5.41) is 11.2. The number of hydrogen-bond donors (Lipinski definition) is 3. The highest BCUT2D eigenvalue weighted by atomic mass is 32.2. The molecule has 2 atom stereocenters. The molecule has 144 valence electrons. The number of rotatable bonds is 5. The van der Waals surface area contributed by atoms with Crippen molar-refractivity contribution in [1.29, 1.82) is 0 Å². The van der Waals surface area contributed by atoms with E-state index in [2.05, 4.69) is 42.0 Å². The van der Waals surface area contributed by atoms with E-state index < -0.39 is 6.29 Å². The monoisotopic (exact) mass is 395 g/mol. The third-order valence-electron chi connectivity index (χ3n) is 4.41. The summed E-state index contributed by atoms with van der Waals surface area (Å²) in [6.45, 7) is 4.01. The van der Waals surface area contributed by atoms with Crippen LogP contribution < -0.4 is 16.0 Å². The molecular formula is C19H21N7OS. The molecule has 9 heteroatoms. The lowest BCUT2D eigenvalue weighted by atomic mass is 10.1. The molecular weight excluding hydrogens is 374 g/mol. The number of nitrogens with one attached hydrogen (secondary N) is 3. The standard InChI is InChI=1S/C19H21N7OS/c1-11-4-5-15-14(8-11)12(2)22-17(24-15)26-18-23-13(9-16(27)25-18)10-28-19-20-6-3-7-21-19/h3-8,13,18,23H,9-10H2,1-2H3,(H,25,27)(H,22,24,26). The number of carbonyl (C=O) groups excluding carboxylic acids is 1. The highest BCUT2D eigenvalue weighted by molar-refractivity contribution is 7.99. The van der Waals surface area contributed by atoms with Gasteiger partial charge in [0.1, 0.15) is 0 Å². The normalized spacial score (nSPS) is 19.4. The average Bonchev–Trinajstić information content (AvgIpc) is 2.67. The van der Waals surface area contributed by atoms with E-state index in [1.165, 1.54) is 17.3 Å². The average molecular weight is 395 g/mol. The van der Waals surface area contributed by atoms with Crippen molar-refractivity contribution in [2.24, 2.45) is 0 Å². The molecule has 0 aliphatic carbocycles. The molecule has 0 radical (unpaired) electrons. The van der Waals surface area contributed by atoms with Crippen molar-refractivity contribution < 1.29 is 4.79 Å². The molecule has 1 aromatic carbocycles. The minimum absolute atomic E-state index is 0.00995. The highest BCUT2D eigenvalue weighted by Crippen LogP contribution is 2.20. The molecule has 1 saturated heterocycles. The Hall–Kier alpha value is -2.78. The zero-order valence-electron chi connectivity index (χ0n) is 15.6. The summed E-state index contributed by atoms with van der Waals surface area (Å²) in [6.07, 6.45) is 3.38. The summed E-state index contributed by atoms with van der Waals surface area (Å²) in [7, 11) is 0. The number of hydrogen-bond acceptors (Lipinski definition) is 8. The molecule has 1 fully saturated rings. The topological polar surface area (TPSA) is 105 Å². The van der Waals surface area contributed by atoms with Gasteiger partial charge < -0.3 is 10.6 Å². The van der Waals surface area contributed by atoms with Crippen LogP contribution in [-0.2, 0) is 4.79 Å². The molecule has 0 bridgehead atoms. The number of fused-ring (bicyclic) bond motifs is 1. The molecule has 2 aromatic heterocycles. The van der Waals surface area contributed by atoms with Crippen molar-refractivity contribution in [1.82, 2.24) is 30.6 Å². The molecule has 8 nitrogen and oxygen atoms in total. The Morgan fingerprint density at radius 1 is 1.21 bits per heavy atom. The second-order valence-corrected chi connectivity index (χ2v) is 7.70. The number of amides is 1. The fraction of sp³-hybridized carbons (Fsp3) is 0.316. The Labute approximate surface area is 167 Å². The van der Waals surface area contributed by atoms with E-state index in [0.717, 1.165) is 16.6 Å². The molecule has 0 saturated carbocycles. The molecule has 3 aromatic rings. The van der Waals surface area contributed by atoms with Crippen molar-refractivity contribution in [3.05, 3.63) is 47.9 Å². The Bertz CT molecular complexity index is 998. The zero-order valence-corrected chi connectivity index (χ0v) is 16.5. The van der Waals surface area contributed by atoms with Crippen molar-refractivity contribution in [3.63, 3.8) is 0 Å². The molecule has 2 unspecified atom stereocenters. The second kappa shape index (κ2) is 8.07. The van der Waals surface area contributed by atoms with Gasteiger partial charge in [-0.05, 0) is 32.0 Å². The fourth-order valence-corrected chi connectivity index (χ4v) is 3.92. The number of aryl methyl sites for hydroxylation is 2. The van der Waals surface area contributed by atoms with Crippen LogP contribution in [0.5, 0.6) is 0 Å². The Balaban J connectivity index is 1.44. The van der Waals surface area contributed by atoms with Crippen molar-refractivity contribution in [3.8, 4) is 0 Å². The number of thioether (sulfide) groups is 1. The molecule has 1 amide bonds. The van der Waals surface area contributed by atoms with Crippen LogP contribution in [0.3, 0.4) is 0 Å². The smallest absolute Gasteiger partial charge is 0.226 e. The van der Waals surface area contributed by atoms with Gasteiger partial charge in [0.05, 0.1) is 11.2 Å². The van der Waals surface area contributed by atoms with Gasteiger partial charge in [-0.3, -0.25) is 10.1 Å². The first-order valence-electron chi connectivity index (χ1n) is 9.03. The lowest BCUT2D eigenvalue weighted by molar-refractivity contribution is -0.123. The van der Waals surface area contributed by atoms with Crippen LogP contribution in [0.2, 0.25) is 0 Å². The van der Waals surface area contributed by atoms with E-state index in [0.29, 0.717) is 23.3 Å². The molecule has 3 N–H and O–H groups in total. The van der Waals surface area contributed by atoms with E-state index in [1.54, 1.807) is 18.5 Å². The van der Waals surface area contributed by atoms with Gasteiger partial charge in [-0.1, -0.05) is 23.4 Å². The van der Waals surface area contributed by atoms with E-state index in [9.17, 15) is 4.79 Å². The maximum atomic E-state index is 12.1. The number of benzene rings is 1. The van der Waals surface area contributed by atoms with Crippen molar-refractivity contribution in [2.45, 2.75) is 37.8 Å². The lowest BCUT2D eigenvalue weighted by Gasteiger charge is -2.31. The highest BCUT2D eigenvalue weighted by Gasteiger charge is 2.26. The Morgan fingerprint density at radius 3 is 2.86 bits per heavy atom. The third-order valence-corrected chi connectivity index (χ3v) is 5.45. The van der Waals surface area contributed by atoms with Crippen LogP contribution in [0.1, 0.15) is 17.7 Å². The number of nitrogens with zero attached hydrogens (tertiary/aromatic N) is 4. The Kier molecular flexibility index (Phi) is 5.36. The van der Waals surface area contributed by atoms with E-state index in [-0.39, 0.29) is 11.9 Å². The third kappa shape index (κ3) is 4.37. The minimum atomic E-state index is -0.439. The van der Waals surface area contributed by atoms with Gasteiger partial charge in [-0.25, -0.2) is 19.9 Å². The van der Waals surface area contributed by atoms with E-state index >= 15 is 0 Å². The number of carbonyl (C=O) groups is 1. The molecule has 4 rings (SSSR count). The summed E-state index contributed by atoms with van der Waals surface area (Å²) in [5.74, 6) is 1.14. The molecule has 1 aliphatic rings. The van der Waals surface area contributed by atoms with Gasteiger partial charge in [0.25, 0.3) is 0 Å². The first-order chi connectivity index (χ1) is 13.6. The summed E-state index contributed by atoms with van der Waals surface area (Å²) >= 11 is 1.52. The predicted octanol–water partition coefficient (Wildman–Crippen LogP) is 2.00. The van der Waals surface area contributed by atoms with Crippen LogP contribution in [0.4, 0.5) is 5.95 Å². The van der Waals surface area contributed by atoms with Crippen LogP contribution >= 0.6 is 11.8 Å². The van der Waals surface area contributed by atoms with Gasteiger partial charge in [0.2, 0.25) is 11.9 Å². The van der Waals surface area contributed by atoms with Crippen molar-refractivity contribution >= 4 is 34.5 Å². The summed E-state index contributed by atoms with van der Waals surface area (Å²) < 4.78 is 0. The molecule has 1 aliphatic heterocycles. The Morgan fingerprint density at radius 2 is 2.04 bits per heavy atom. The van der Waals surface area contributed by atoms with Crippen molar-refractivity contribution in [2.75, 3.05) is 11.1 Å². The first kappa shape index (κ1) is 18.6. The number of anilines is 1. The number of aromatic nitrogens is 4. The van der Waals surface area contributed by atoms with Gasteiger partial charge in [0.15, 0.2) is 11.4 Å². The fourth-order valence-electron chi connectivity index (χ4n) is 3.09. The molecule has 28 heavy (non-hydrogen) atoms. The van der Waals surface area contributed by atoms with Gasteiger partial charge in [-0.2, -0.15) is 0 Å². The second-order valence-electron chi connectivity index (χ2n) is 6.71. The van der Waals surface area contributed by atoms with Crippen LogP contribution in [0, 0.1) is 13.8 Å². The SMILES string of the molecule is Cc1ccc2nc(NC3NC(=O)CC(CSc4ncccn4)N3)nc(C)c2c1. The van der Waals surface area contributed by atoms with Gasteiger partial charge >= 0.3 is 0 Å². The predicted molar refractivity (Wildman–Crippen MR) is 109 cm³/mol. The summed E-state index contributed by atoms with van der Waals surface area (Å²) in [6, 6.07) is 7.86. The first-order valence-corrected chi connectivity index (χ1v) is 10.0. The van der Waals surface area contributed by atoms with Crippen LogP contribution in [-0.4, -0.2) is 43.9 Å². The molecule has 3 heterocycles.